The quantitative estimate of drug-likeness (QED) is 0.614. The third-order valence-corrected chi connectivity index (χ3v) is 3.36. The second-order valence-electron chi connectivity index (χ2n) is 4.73. The third kappa shape index (κ3) is 5.28. The Labute approximate surface area is 100 Å². The number of ether oxygens (including phenoxy) is 1. The Hall–Kier alpha value is -0.120. The SMILES string of the molecule is CCCOCCN(CCCN)C1CCCC1. The second-order valence-corrected chi connectivity index (χ2v) is 4.73. The van der Waals surface area contributed by atoms with Crippen molar-refractivity contribution < 1.29 is 4.74 Å². The van der Waals surface area contributed by atoms with Crippen LogP contribution in [0.2, 0.25) is 0 Å². The van der Waals surface area contributed by atoms with Crippen LogP contribution in [-0.4, -0.2) is 43.8 Å². The molecule has 1 aliphatic carbocycles. The standard InChI is InChI=1S/C13H28N2O/c1-2-11-16-12-10-15(9-5-8-14)13-6-3-4-7-13/h13H,2-12,14H2,1H3. The monoisotopic (exact) mass is 228 g/mol. The molecule has 0 saturated heterocycles. The lowest BCUT2D eigenvalue weighted by Gasteiger charge is -2.28. The summed E-state index contributed by atoms with van der Waals surface area (Å²) in [6, 6.07) is 0.803. The van der Waals surface area contributed by atoms with E-state index in [1.807, 2.05) is 0 Å². The summed E-state index contributed by atoms with van der Waals surface area (Å²) in [7, 11) is 0. The van der Waals surface area contributed by atoms with Gasteiger partial charge in [-0.25, -0.2) is 0 Å². The zero-order valence-corrected chi connectivity index (χ0v) is 10.8. The second kappa shape index (κ2) is 8.97. The van der Waals surface area contributed by atoms with E-state index in [1.165, 1.54) is 25.7 Å². The fourth-order valence-corrected chi connectivity index (χ4v) is 2.47. The Morgan fingerprint density at radius 2 is 1.94 bits per heavy atom. The van der Waals surface area contributed by atoms with Crippen molar-refractivity contribution in [3.05, 3.63) is 0 Å². The van der Waals surface area contributed by atoms with E-state index in [1.54, 1.807) is 0 Å². The molecule has 1 rings (SSSR count). The molecular weight excluding hydrogens is 200 g/mol. The van der Waals surface area contributed by atoms with Crippen molar-refractivity contribution in [2.75, 3.05) is 32.8 Å². The lowest BCUT2D eigenvalue weighted by molar-refractivity contribution is 0.0872. The molecule has 96 valence electrons. The van der Waals surface area contributed by atoms with Crippen molar-refractivity contribution in [3.63, 3.8) is 0 Å². The molecule has 3 nitrogen and oxygen atoms in total. The van der Waals surface area contributed by atoms with Gasteiger partial charge in [-0.15, -0.1) is 0 Å². The van der Waals surface area contributed by atoms with E-state index in [0.29, 0.717) is 0 Å². The van der Waals surface area contributed by atoms with Gasteiger partial charge in [0.05, 0.1) is 6.61 Å². The molecule has 0 spiro atoms. The molecule has 16 heavy (non-hydrogen) atoms. The van der Waals surface area contributed by atoms with Crippen LogP contribution in [0.3, 0.4) is 0 Å². The van der Waals surface area contributed by atoms with E-state index < -0.39 is 0 Å². The number of nitrogens with two attached hydrogens (primary N) is 1. The van der Waals surface area contributed by atoms with E-state index in [4.69, 9.17) is 10.5 Å². The fraction of sp³-hybridized carbons (Fsp3) is 1.00. The van der Waals surface area contributed by atoms with E-state index >= 15 is 0 Å². The minimum atomic E-state index is 0.803. The predicted octanol–water partition coefficient (Wildman–Crippen LogP) is 2.01. The first-order valence-corrected chi connectivity index (χ1v) is 6.90. The highest BCUT2D eigenvalue weighted by atomic mass is 16.5. The highest BCUT2D eigenvalue weighted by molar-refractivity contribution is 4.77. The summed E-state index contributed by atoms with van der Waals surface area (Å²) in [5, 5.41) is 0. The van der Waals surface area contributed by atoms with Gasteiger partial charge in [0, 0.05) is 19.2 Å². The van der Waals surface area contributed by atoms with Crippen LogP contribution in [0, 0.1) is 0 Å². The van der Waals surface area contributed by atoms with Crippen molar-refractivity contribution >= 4 is 0 Å². The first-order valence-electron chi connectivity index (χ1n) is 6.90. The molecule has 0 unspecified atom stereocenters. The van der Waals surface area contributed by atoms with Gasteiger partial charge < -0.3 is 10.5 Å². The molecule has 2 N–H and O–H groups in total. The van der Waals surface area contributed by atoms with Gasteiger partial charge in [0.25, 0.3) is 0 Å². The van der Waals surface area contributed by atoms with Gasteiger partial charge in [-0.2, -0.15) is 0 Å². The predicted molar refractivity (Wildman–Crippen MR) is 68.6 cm³/mol. The lowest BCUT2D eigenvalue weighted by Crippen LogP contribution is -2.37. The van der Waals surface area contributed by atoms with Gasteiger partial charge >= 0.3 is 0 Å². The summed E-state index contributed by atoms with van der Waals surface area (Å²) in [6.45, 7) is 6.98. The third-order valence-electron chi connectivity index (χ3n) is 3.36. The van der Waals surface area contributed by atoms with Crippen molar-refractivity contribution in [2.24, 2.45) is 5.73 Å². The van der Waals surface area contributed by atoms with Crippen LogP contribution >= 0.6 is 0 Å². The van der Waals surface area contributed by atoms with E-state index in [9.17, 15) is 0 Å². The largest absolute Gasteiger partial charge is 0.380 e. The minimum absolute atomic E-state index is 0.803. The molecule has 0 heterocycles. The fourth-order valence-electron chi connectivity index (χ4n) is 2.47. The van der Waals surface area contributed by atoms with E-state index in [0.717, 1.165) is 51.7 Å². The molecule has 0 aromatic carbocycles. The molecule has 0 aliphatic heterocycles. The Bertz CT molecular complexity index is 158. The normalized spacial score (nSPS) is 17.4. The van der Waals surface area contributed by atoms with Gasteiger partial charge in [0.2, 0.25) is 0 Å². The molecule has 0 radical (unpaired) electrons. The van der Waals surface area contributed by atoms with Gasteiger partial charge in [0.1, 0.15) is 0 Å². The maximum Gasteiger partial charge on any atom is 0.0593 e. The number of nitrogens with zero attached hydrogens (tertiary/aromatic N) is 1. The van der Waals surface area contributed by atoms with Crippen LogP contribution in [-0.2, 0) is 4.74 Å². The van der Waals surface area contributed by atoms with Crippen molar-refractivity contribution in [3.8, 4) is 0 Å². The summed E-state index contributed by atoms with van der Waals surface area (Å²) in [5.41, 5.74) is 5.59. The van der Waals surface area contributed by atoms with Crippen LogP contribution in [0.25, 0.3) is 0 Å². The minimum Gasteiger partial charge on any atom is -0.380 e. The molecule has 3 heteroatoms. The summed E-state index contributed by atoms with van der Waals surface area (Å²) in [6.07, 6.45) is 7.78. The molecule has 0 atom stereocenters. The average molecular weight is 228 g/mol. The molecule has 1 fully saturated rings. The van der Waals surface area contributed by atoms with Gasteiger partial charge in [0.15, 0.2) is 0 Å². The Balaban J connectivity index is 2.19. The smallest absolute Gasteiger partial charge is 0.0593 e. The van der Waals surface area contributed by atoms with E-state index in [2.05, 4.69) is 11.8 Å². The first-order chi connectivity index (χ1) is 7.88. The van der Waals surface area contributed by atoms with Crippen LogP contribution in [0.4, 0.5) is 0 Å². The molecule has 1 saturated carbocycles. The number of hydrogen-bond acceptors (Lipinski definition) is 3. The number of rotatable bonds is 9. The van der Waals surface area contributed by atoms with Crippen molar-refractivity contribution in [1.29, 1.82) is 0 Å². The summed E-state index contributed by atoms with van der Waals surface area (Å²) >= 11 is 0. The molecular formula is C13H28N2O. The summed E-state index contributed by atoms with van der Waals surface area (Å²) < 4.78 is 5.58. The first kappa shape index (κ1) is 13.9. The Kier molecular flexibility index (Phi) is 7.81. The molecule has 0 bridgehead atoms. The van der Waals surface area contributed by atoms with E-state index in [-0.39, 0.29) is 0 Å². The maximum atomic E-state index is 5.59. The lowest BCUT2D eigenvalue weighted by atomic mass is 10.2. The molecule has 0 aromatic heterocycles. The zero-order valence-electron chi connectivity index (χ0n) is 10.8. The highest BCUT2D eigenvalue weighted by Gasteiger charge is 2.21. The maximum absolute atomic E-state index is 5.59. The Morgan fingerprint density at radius 1 is 1.19 bits per heavy atom. The van der Waals surface area contributed by atoms with Crippen molar-refractivity contribution in [2.45, 2.75) is 51.5 Å². The number of hydrogen-bond donors (Lipinski definition) is 1. The summed E-state index contributed by atoms with van der Waals surface area (Å²) in [4.78, 5) is 2.59. The summed E-state index contributed by atoms with van der Waals surface area (Å²) in [5.74, 6) is 0. The van der Waals surface area contributed by atoms with Crippen LogP contribution in [0.15, 0.2) is 0 Å². The van der Waals surface area contributed by atoms with Gasteiger partial charge in [-0.3, -0.25) is 4.90 Å². The van der Waals surface area contributed by atoms with Gasteiger partial charge in [-0.1, -0.05) is 19.8 Å². The van der Waals surface area contributed by atoms with Gasteiger partial charge in [-0.05, 0) is 38.8 Å². The highest BCUT2D eigenvalue weighted by Crippen LogP contribution is 2.23. The zero-order chi connectivity index (χ0) is 11.6. The average Bonchev–Trinajstić information content (AvgIpc) is 2.82. The molecule has 1 aliphatic rings. The van der Waals surface area contributed by atoms with Crippen LogP contribution < -0.4 is 5.73 Å². The van der Waals surface area contributed by atoms with Crippen LogP contribution in [0.5, 0.6) is 0 Å². The molecule has 0 amide bonds. The molecule has 0 aromatic rings. The van der Waals surface area contributed by atoms with Crippen molar-refractivity contribution in [1.82, 2.24) is 4.90 Å². The topological polar surface area (TPSA) is 38.5 Å². The Morgan fingerprint density at radius 3 is 2.56 bits per heavy atom. The van der Waals surface area contributed by atoms with Crippen LogP contribution in [0.1, 0.15) is 45.4 Å².